The molecule has 0 aliphatic carbocycles. The van der Waals surface area contributed by atoms with Crippen LogP contribution >= 0.6 is 0 Å². The summed E-state index contributed by atoms with van der Waals surface area (Å²) >= 11 is 0. The Morgan fingerprint density at radius 2 is 0.955 bits per heavy atom. The molecule has 0 heterocycles. The van der Waals surface area contributed by atoms with Gasteiger partial charge in [0, 0.05) is 0 Å². The zero-order valence-electron chi connectivity index (χ0n) is 16.3. The molecule has 22 heavy (non-hydrogen) atoms. The van der Waals surface area contributed by atoms with E-state index in [4.69, 9.17) is 0 Å². The number of unbranched alkanes of at least 4 members (excludes halogenated alkanes) is 8. The molecule has 0 amide bonds. The number of hydrogen-bond donors (Lipinski definition) is 0. The van der Waals surface area contributed by atoms with Crippen LogP contribution in [0, 0.1) is 18.3 Å². The molecular weight excluding hydrogens is 264 g/mol. The van der Waals surface area contributed by atoms with Crippen molar-refractivity contribution in [2.75, 3.05) is 0 Å². The molecule has 0 nitrogen and oxygen atoms in total. The molecule has 0 aliphatic heterocycles. The molecule has 0 bridgehead atoms. The molecule has 0 aromatic carbocycles. The molecule has 1 radical (unpaired) electrons. The van der Waals surface area contributed by atoms with Gasteiger partial charge in [0.15, 0.2) is 0 Å². The van der Waals surface area contributed by atoms with Gasteiger partial charge in [0.05, 0.1) is 0 Å². The van der Waals surface area contributed by atoms with Crippen LogP contribution < -0.4 is 0 Å². The first-order valence-electron chi connectivity index (χ1n) is 10.6. The smallest absolute Gasteiger partial charge is 0.0324 e. The number of hydrogen-bond acceptors (Lipinski definition) is 0. The van der Waals surface area contributed by atoms with Gasteiger partial charge in [-0.1, -0.05) is 124 Å². The van der Waals surface area contributed by atoms with Gasteiger partial charge in [0.1, 0.15) is 0 Å². The molecule has 0 spiro atoms. The van der Waals surface area contributed by atoms with Gasteiger partial charge in [0.2, 0.25) is 0 Å². The highest BCUT2D eigenvalue weighted by Gasteiger charge is 2.15. The van der Waals surface area contributed by atoms with Crippen LogP contribution in [0.1, 0.15) is 124 Å². The molecular formula is C22H45. The van der Waals surface area contributed by atoms with Crippen molar-refractivity contribution in [1.82, 2.24) is 0 Å². The highest BCUT2D eigenvalue weighted by atomic mass is 14.2. The molecule has 0 saturated carbocycles. The van der Waals surface area contributed by atoms with E-state index in [9.17, 15) is 0 Å². The van der Waals surface area contributed by atoms with Gasteiger partial charge in [-0.25, -0.2) is 0 Å². The van der Waals surface area contributed by atoms with E-state index in [1.54, 1.807) is 0 Å². The zero-order valence-corrected chi connectivity index (χ0v) is 16.3. The van der Waals surface area contributed by atoms with Crippen molar-refractivity contribution < 1.29 is 0 Å². The van der Waals surface area contributed by atoms with Crippen LogP contribution in [0.5, 0.6) is 0 Å². The molecule has 0 aromatic rings. The molecule has 0 aliphatic rings. The van der Waals surface area contributed by atoms with E-state index in [0.717, 1.165) is 11.8 Å². The largest absolute Gasteiger partial charge is 0.0654 e. The van der Waals surface area contributed by atoms with Gasteiger partial charge < -0.3 is 0 Å². The van der Waals surface area contributed by atoms with E-state index >= 15 is 0 Å². The van der Waals surface area contributed by atoms with Crippen LogP contribution in [0.3, 0.4) is 0 Å². The minimum atomic E-state index is 0.884. The lowest BCUT2D eigenvalue weighted by Crippen LogP contribution is -2.10. The van der Waals surface area contributed by atoms with E-state index in [2.05, 4.69) is 34.1 Å². The highest BCUT2D eigenvalue weighted by molar-refractivity contribution is 4.83. The monoisotopic (exact) mass is 309 g/mol. The maximum absolute atomic E-state index is 2.77. The van der Waals surface area contributed by atoms with Gasteiger partial charge in [-0.05, 0) is 18.3 Å². The fourth-order valence-corrected chi connectivity index (χ4v) is 3.47. The second kappa shape index (κ2) is 17.4. The van der Waals surface area contributed by atoms with Crippen LogP contribution in [-0.2, 0) is 0 Å². The van der Waals surface area contributed by atoms with Crippen molar-refractivity contribution in [2.24, 2.45) is 11.8 Å². The quantitative estimate of drug-likeness (QED) is 0.237. The van der Waals surface area contributed by atoms with E-state index in [0.29, 0.717) is 0 Å². The molecule has 2 unspecified atom stereocenters. The normalized spacial score (nSPS) is 14.2. The number of rotatable bonds is 17. The van der Waals surface area contributed by atoms with Crippen molar-refractivity contribution in [1.29, 1.82) is 0 Å². The summed E-state index contributed by atoms with van der Waals surface area (Å²) in [5, 5.41) is 0. The molecule has 0 N–H and O–H groups in total. The standard InChI is InChI=1S/C22H45/c1-5-9-12-14-16-19-22(17-11-7-3)20-21(8-4)18-15-13-10-6-2/h20-22H,5-19H2,1-4H3. The van der Waals surface area contributed by atoms with Gasteiger partial charge in [-0.2, -0.15) is 0 Å². The highest BCUT2D eigenvalue weighted by Crippen LogP contribution is 2.28. The maximum Gasteiger partial charge on any atom is -0.0324 e. The molecule has 133 valence electrons. The van der Waals surface area contributed by atoms with Gasteiger partial charge in [-0.15, -0.1) is 0 Å². The Morgan fingerprint density at radius 1 is 0.500 bits per heavy atom. The Morgan fingerprint density at radius 3 is 1.50 bits per heavy atom. The topological polar surface area (TPSA) is 0 Å². The van der Waals surface area contributed by atoms with Gasteiger partial charge in [0.25, 0.3) is 0 Å². The Hall–Kier alpha value is 0. The minimum absolute atomic E-state index is 0.884. The SMILES string of the molecule is CCCCCCCC([CH]C(CC)CCCCCC)CCCC. The van der Waals surface area contributed by atoms with Crippen LogP contribution in [0.25, 0.3) is 0 Å². The van der Waals surface area contributed by atoms with E-state index < -0.39 is 0 Å². The Balaban J connectivity index is 3.99. The summed E-state index contributed by atoms with van der Waals surface area (Å²) in [5.41, 5.74) is 0. The van der Waals surface area contributed by atoms with Crippen LogP contribution in [0.4, 0.5) is 0 Å². The molecule has 0 saturated heterocycles. The van der Waals surface area contributed by atoms with Crippen LogP contribution in [0.2, 0.25) is 0 Å². The minimum Gasteiger partial charge on any atom is -0.0654 e. The Kier molecular flexibility index (Phi) is 17.4. The molecule has 0 heteroatoms. The summed E-state index contributed by atoms with van der Waals surface area (Å²) in [4.78, 5) is 0. The first-order valence-corrected chi connectivity index (χ1v) is 10.6. The van der Waals surface area contributed by atoms with Crippen molar-refractivity contribution in [3.63, 3.8) is 0 Å². The maximum atomic E-state index is 2.77. The van der Waals surface area contributed by atoms with Crippen LogP contribution in [-0.4, -0.2) is 0 Å². The van der Waals surface area contributed by atoms with Crippen LogP contribution in [0.15, 0.2) is 0 Å². The lowest BCUT2D eigenvalue weighted by Gasteiger charge is -2.22. The second-order valence-electron chi connectivity index (χ2n) is 7.32. The molecule has 0 fully saturated rings. The summed E-state index contributed by atoms with van der Waals surface area (Å²) < 4.78 is 0. The summed E-state index contributed by atoms with van der Waals surface area (Å²) in [6.07, 6.45) is 24.0. The summed E-state index contributed by atoms with van der Waals surface area (Å²) in [6, 6.07) is 0. The first kappa shape index (κ1) is 22.0. The van der Waals surface area contributed by atoms with E-state index in [1.165, 1.54) is 96.3 Å². The third kappa shape index (κ3) is 13.6. The second-order valence-corrected chi connectivity index (χ2v) is 7.32. The third-order valence-corrected chi connectivity index (χ3v) is 5.10. The fourth-order valence-electron chi connectivity index (χ4n) is 3.47. The average Bonchev–Trinajstić information content (AvgIpc) is 2.54. The molecule has 0 aromatic heterocycles. The van der Waals surface area contributed by atoms with E-state index in [-0.39, 0.29) is 0 Å². The average molecular weight is 310 g/mol. The lowest BCUT2D eigenvalue weighted by molar-refractivity contribution is 0.384. The summed E-state index contributed by atoms with van der Waals surface area (Å²) in [5.74, 6) is 1.78. The molecule has 0 rings (SSSR count). The lowest BCUT2D eigenvalue weighted by atomic mass is 9.83. The van der Waals surface area contributed by atoms with E-state index in [1.807, 2.05) is 0 Å². The van der Waals surface area contributed by atoms with Gasteiger partial charge in [-0.3, -0.25) is 0 Å². The van der Waals surface area contributed by atoms with Crippen molar-refractivity contribution in [2.45, 2.75) is 124 Å². The summed E-state index contributed by atoms with van der Waals surface area (Å²) in [7, 11) is 0. The zero-order chi connectivity index (χ0) is 16.5. The fraction of sp³-hybridized carbons (Fsp3) is 0.955. The Labute approximate surface area is 142 Å². The molecule has 2 atom stereocenters. The third-order valence-electron chi connectivity index (χ3n) is 5.10. The van der Waals surface area contributed by atoms with Gasteiger partial charge >= 0.3 is 0 Å². The van der Waals surface area contributed by atoms with Crippen molar-refractivity contribution in [3.8, 4) is 0 Å². The summed E-state index contributed by atoms with van der Waals surface area (Å²) in [6.45, 7) is 9.34. The predicted molar refractivity (Wildman–Crippen MR) is 103 cm³/mol. The Bertz CT molecular complexity index is 196. The van der Waals surface area contributed by atoms with Crippen molar-refractivity contribution in [3.05, 3.63) is 6.42 Å². The first-order chi connectivity index (χ1) is 10.8. The predicted octanol–water partition coefficient (Wildman–Crippen LogP) is 8.35. The van der Waals surface area contributed by atoms with Crippen molar-refractivity contribution >= 4 is 0 Å².